The molecule has 0 rings (SSSR count). The molecule has 0 aromatic carbocycles. The number of rotatable bonds is 41. The lowest BCUT2D eigenvalue weighted by Crippen LogP contribution is -2.55. The number of esters is 2. The molecule has 0 amide bonds. The van der Waals surface area contributed by atoms with Crippen molar-refractivity contribution in [3.05, 3.63) is 36.5 Å². The smallest absolute Gasteiger partial charge is 0.306 e. The lowest BCUT2D eigenvalue weighted by atomic mass is 10.1. The Morgan fingerprint density at radius 3 is 1.45 bits per heavy atom. The quantitative estimate of drug-likeness (QED) is 0.0263. The minimum Gasteiger partial charge on any atom is -0.544 e. The van der Waals surface area contributed by atoms with E-state index in [0.29, 0.717) is 12.8 Å². The van der Waals surface area contributed by atoms with Crippen LogP contribution >= 0.6 is 0 Å². The van der Waals surface area contributed by atoms with Crippen LogP contribution in [0.1, 0.15) is 200 Å². The zero-order chi connectivity index (χ0) is 41.4. The number of carbonyl (C=O) groups excluding carboxylic acids is 3. The molecule has 0 fully saturated rings. The Bertz CT molecular complexity index is 1020. The molecule has 0 aromatic heterocycles. The van der Waals surface area contributed by atoms with Crippen molar-refractivity contribution in [3.63, 3.8) is 0 Å². The molecule has 0 heterocycles. The highest BCUT2D eigenvalue weighted by molar-refractivity contribution is 5.70. The largest absolute Gasteiger partial charge is 0.544 e. The molecule has 0 saturated heterocycles. The number of nitrogens with zero attached hydrogens (tertiary/aromatic N) is 1. The maximum atomic E-state index is 12.7. The van der Waals surface area contributed by atoms with E-state index in [-0.39, 0.29) is 42.7 Å². The van der Waals surface area contributed by atoms with Crippen LogP contribution in [0.25, 0.3) is 0 Å². The third-order valence-corrected chi connectivity index (χ3v) is 10.2. The van der Waals surface area contributed by atoms with Crippen LogP contribution in [0.4, 0.5) is 0 Å². The maximum absolute atomic E-state index is 12.7. The lowest BCUT2D eigenvalue weighted by Gasteiger charge is -2.34. The van der Waals surface area contributed by atoms with Gasteiger partial charge in [-0.15, -0.1) is 0 Å². The summed E-state index contributed by atoms with van der Waals surface area (Å²) in [5.41, 5.74) is 0. The Labute approximate surface area is 344 Å². The SMILES string of the molecule is CCCC/C=C/CCCCCCC(=O)OCC(COCCC(C(=O)[O-])[N+](C)(C)C)OC(=O)CCCCCCCCC/C=C/C/C=C/CCCCCCCCCC. The first-order valence-electron chi connectivity index (χ1n) is 23.0. The highest BCUT2D eigenvalue weighted by Crippen LogP contribution is 2.14. The van der Waals surface area contributed by atoms with E-state index in [2.05, 4.69) is 50.3 Å². The van der Waals surface area contributed by atoms with Gasteiger partial charge in [0.1, 0.15) is 12.6 Å². The third kappa shape index (κ3) is 37.1. The number of carbonyl (C=O) groups is 3. The third-order valence-electron chi connectivity index (χ3n) is 10.2. The summed E-state index contributed by atoms with van der Waals surface area (Å²) in [7, 11) is 5.40. The predicted octanol–water partition coefficient (Wildman–Crippen LogP) is 11.3. The van der Waals surface area contributed by atoms with Crippen molar-refractivity contribution in [1.29, 1.82) is 0 Å². The molecule has 0 bridgehead atoms. The van der Waals surface area contributed by atoms with Crippen LogP contribution in [0.15, 0.2) is 36.5 Å². The van der Waals surface area contributed by atoms with Crippen LogP contribution in [0.3, 0.4) is 0 Å². The van der Waals surface area contributed by atoms with Crippen LogP contribution in [0, 0.1) is 0 Å². The Kier molecular flexibility index (Phi) is 37.7. The summed E-state index contributed by atoms with van der Waals surface area (Å²) in [5, 5.41) is 11.6. The second-order valence-corrected chi connectivity index (χ2v) is 16.6. The Balaban J connectivity index is 4.26. The van der Waals surface area contributed by atoms with Gasteiger partial charge in [-0.25, -0.2) is 0 Å². The number of unbranched alkanes of at least 4 members (excludes halogenated alkanes) is 21. The summed E-state index contributed by atoms with van der Waals surface area (Å²) in [6.45, 7) is 4.60. The molecule has 0 radical (unpaired) electrons. The summed E-state index contributed by atoms with van der Waals surface area (Å²) in [4.78, 5) is 36.8. The van der Waals surface area contributed by atoms with Gasteiger partial charge in [0.25, 0.3) is 0 Å². The van der Waals surface area contributed by atoms with Gasteiger partial charge in [0.15, 0.2) is 6.10 Å². The number of carboxylic acid groups (broad SMARTS) is 1. The average molecular weight is 790 g/mol. The highest BCUT2D eigenvalue weighted by Gasteiger charge is 2.25. The minimum atomic E-state index is -1.13. The van der Waals surface area contributed by atoms with Crippen molar-refractivity contribution < 1.29 is 38.2 Å². The van der Waals surface area contributed by atoms with Crippen LogP contribution in [-0.2, 0) is 28.6 Å². The fourth-order valence-electron chi connectivity index (χ4n) is 6.61. The van der Waals surface area contributed by atoms with E-state index in [4.69, 9.17) is 14.2 Å². The summed E-state index contributed by atoms with van der Waals surface area (Å²) in [6, 6.07) is -0.727. The average Bonchev–Trinajstić information content (AvgIpc) is 3.15. The first-order valence-corrected chi connectivity index (χ1v) is 23.0. The fourth-order valence-corrected chi connectivity index (χ4v) is 6.61. The molecule has 2 atom stereocenters. The molecule has 0 spiro atoms. The van der Waals surface area contributed by atoms with E-state index in [1.165, 1.54) is 96.3 Å². The van der Waals surface area contributed by atoms with Crippen molar-refractivity contribution >= 4 is 17.9 Å². The zero-order valence-corrected chi connectivity index (χ0v) is 37.1. The molecule has 0 N–H and O–H groups in total. The molecule has 0 aliphatic rings. The second-order valence-electron chi connectivity index (χ2n) is 16.6. The van der Waals surface area contributed by atoms with Gasteiger partial charge >= 0.3 is 11.9 Å². The molecular weight excluding hydrogens is 703 g/mol. The van der Waals surface area contributed by atoms with Gasteiger partial charge in [0.05, 0.1) is 40.3 Å². The van der Waals surface area contributed by atoms with Crippen LogP contribution in [0.5, 0.6) is 0 Å². The summed E-state index contributed by atoms with van der Waals surface area (Å²) >= 11 is 0. The lowest BCUT2D eigenvalue weighted by molar-refractivity contribution is -0.889. The molecule has 0 aromatic rings. The normalized spacial score (nSPS) is 13.2. The standard InChI is InChI=1S/C48H87NO7/c1-6-8-10-12-14-16-18-19-20-21-22-23-24-25-26-27-28-29-31-33-35-37-39-47(51)56-44(42-54-41-40-45(48(52)53)49(3,4)5)43-55-46(50)38-36-34-32-30-17-15-13-11-9-7-2/h13,15,21-22,24-25,44-45H,6-12,14,16-20,23,26-43H2,1-5H3/b15-13+,22-21+,25-24+. The van der Waals surface area contributed by atoms with Crippen LogP contribution in [-0.4, -0.2) is 75.5 Å². The van der Waals surface area contributed by atoms with E-state index < -0.39 is 18.1 Å². The summed E-state index contributed by atoms with van der Waals surface area (Å²) in [6.07, 6.45) is 44.6. The number of carboxylic acids is 1. The first-order chi connectivity index (χ1) is 27.1. The van der Waals surface area contributed by atoms with Gasteiger partial charge in [0, 0.05) is 19.3 Å². The Morgan fingerprint density at radius 2 is 0.964 bits per heavy atom. The predicted molar refractivity (Wildman–Crippen MR) is 231 cm³/mol. The van der Waals surface area contributed by atoms with E-state index in [0.717, 1.165) is 70.6 Å². The van der Waals surface area contributed by atoms with Gasteiger partial charge in [0.2, 0.25) is 0 Å². The van der Waals surface area contributed by atoms with E-state index >= 15 is 0 Å². The number of ether oxygens (including phenoxy) is 3. The summed E-state index contributed by atoms with van der Waals surface area (Å²) in [5.74, 6) is -1.76. The van der Waals surface area contributed by atoms with Gasteiger partial charge in [-0.1, -0.05) is 153 Å². The monoisotopic (exact) mass is 790 g/mol. The van der Waals surface area contributed by atoms with Crippen molar-refractivity contribution in [3.8, 4) is 0 Å². The fraction of sp³-hybridized carbons (Fsp3) is 0.812. The van der Waals surface area contributed by atoms with Crippen LogP contribution < -0.4 is 5.11 Å². The van der Waals surface area contributed by atoms with E-state index in [1.807, 2.05) is 0 Å². The number of hydrogen-bond acceptors (Lipinski definition) is 7. The highest BCUT2D eigenvalue weighted by atomic mass is 16.6. The molecule has 56 heavy (non-hydrogen) atoms. The molecule has 326 valence electrons. The van der Waals surface area contributed by atoms with E-state index in [1.54, 1.807) is 21.1 Å². The minimum absolute atomic E-state index is 0.0347. The Morgan fingerprint density at radius 1 is 0.536 bits per heavy atom. The van der Waals surface area contributed by atoms with Gasteiger partial charge < -0.3 is 28.6 Å². The molecule has 0 aliphatic heterocycles. The van der Waals surface area contributed by atoms with Crippen molar-refractivity contribution in [2.24, 2.45) is 0 Å². The first kappa shape index (κ1) is 53.6. The van der Waals surface area contributed by atoms with Crippen LogP contribution in [0.2, 0.25) is 0 Å². The number of hydrogen-bond donors (Lipinski definition) is 0. The molecule has 8 nitrogen and oxygen atoms in total. The Hall–Kier alpha value is -2.45. The van der Waals surface area contributed by atoms with Crippen molar-refractivity contribution in [1.82, 2.24) is 0 Å². The number of quaternary nitrogens is 1. The zero-order valence-electron chi connectivity index (χ0n) is 37.1. The molecule has 8 heteroatoms. The number of aliphatic carboxylic acids is 1. The molecule has 0 aliphatic carbocycles. The topological polar surface area (TPSA) is 102 Å². The maximum Gasteiger partial charge on any atom is 0.306 e. The number of likely N-dealkylation sites (N-methyl/N-ethyl adjacent to an activating group) is 1. The molecule has 0 saturated carbocycles. The molecule has 2 unspecified atom stereocenters. The second kappa shape index (κ2) is 39.4. The van der Waals surface area contributed by atoms with Gasteiger partial charge in [-0.3, -0.25) is 9.59 Å². The molecular formula is C48H87NO7. The van der Waals surface area contributed by atoms with Gasteiger partial charge in [-0.05, 0) is 64.2 Å². The van der Waals surface area contributed by atoms with Crippen molar-refractivity contribution in [2.75, 3.05) is 41.0 Å². The summed E-state index contributed by atoms with van der Waals surface area (Å²) < 4.78 is 17.1. The van der Waals surface area contributed by atoms with Crippen molar-refractivity contribution in [2.45, 2.75) is 212 Å². The van der Waals surface area contributed by atoms with Gasteiger partial charge in [-0.2, -0.15) is 0 Å². The number of allylic oxidation sites excluding steroid dienone is 6. The van der Waals surface area contributed by atoms with E-state index in [9.17, 15) is 19.5 Å².